The van der Waals surface area contributed by atoms with Crippen LogP contribution in [-0.4, -0.2) is 57.7 Å². The molecule has 3 rings (SSSR count). The van der Waals surface area contributed by atoms with Crippen LogP contribution in [-0.2, 0) is 14.8 Å². The largest absolute Gasteiger partial charge is 0.494 e. The Morgan fingerprint density at radius 3 is 2.87 bits per heavy atom. The van der Waals surface area contributed by atoms with Gasteiger partial charge >= 0.3 is 0 Å². The number of ether oxygens (including phenoxy) is 2. The fraction of sp³-hybridized carbons (Fsp3) is 0.600. The average Bonchev–Trinajstić information content (AvgIpc) is 2.95. The van der Waals surface area contributed by atoms with Crippen molar-refractivity contribution in [3.8, 4) is 5.75 Å². The van der Waals surface area contributed by atoms with Crippen molar-refractivity contribution in [2.45, 2.75) is 30.9 Å². The number of hydrogen-bond donors (Lipinski definition) is 1. The number of fused-ring (bicyclic) bond motifs is 1. The van der Waals surface area contributed by atoms with E-state index in [9.17, 15) is 8.42 Å². The van der Waals surface area contributed by atoms with E-state index < -0.39 is 10.0 Å². The number of nitrogens with one attached hydrogen (secondary N) is 1. The van der Waals surface area contributed by atoms with Gasteiger partial charge in [-0.3, -0.25) is 0 Å². The Morgan fingerprint density at radius 1 is 1.39 bits per heavy atom. The number of aryl methyl sites for hydroxylation is 1. The third-order valence-electron chi connectivity index (χ3n) is 4.19. The van der Waals surface area contributed by atoms with Gasteiger partial charge in [-0.2, -0.15) is 4.31 Å². The van der Waals surface area contributed by atoms with E-state index in [1.807, 2.05) is 6.92 Å². The number of sulfonamides is 1. The van der Waals surface area contributed by atoms with Crippen molar-refractivity contribution in [2.75, 3.05) is 32.8 Å². The number of benzene rings is 1. The summed E-state index contributed by atoms with van der Waals surface area (Å²) in [5, 5.41) is 3.21. The fourth-order valence-corrected chi connectivity index (χ4v) is 4.99. The maximum atomic E-state index is 13.0. The van der Waals surface area contributed by atoms with Crippen molar-refractivity contribution in [1.82, 2.24) is 9.62 Å². The van der Waals surface area contributed by atoms with Crippen LogP contribution in [0.2, 0.25) is 0 Å². The van der Waals surface area contributed by atoms with E-state index in [-0.39, 0.29) is 24.6 Å². The quantitative estimate of drug-likeness (QED) is 0.871. The van der Waals surface area contributed by atoms with Crippen LogP contribution in [0.5, 0.6) is 5.75 Å². The van der Waals surface area contributed by atoms with E-state index in [4.69, 9.17) is 9.47 Å². The molecule has 130 valence electrons. The van der Waals surface area contributed by atoms with Crippen LogP contribution in [0.25, 0.3) is 0 Å². The molecule has 23 heavy (non-hydrogen) atoms. The number of rotatable bonds is 4. The van der Waals surface area contributed by atoms with Gasteiger partial charge in [-0.1, -0.05) is 0 Å². The Morgan fingerprint density at radius 2 is 2.17 bits per heavy atom. The molecule has 6 nitrogen and oxygen atoms in total. The first-order chi connectivity index (χ1) is 10.5. The minimum atomic E-state index is -3.52. The zero-order chi connectivity index (χ0) is 15.7. The molecule has 2 fully saturated rings. The molecule has 0 spiro atoms. The molecule has 2 aliphatic heterocycles. The van der Waals surface area contributed by atoms with Crippen LogP contribution in [0, 0.1) is 6.92 Å². The zero-order valence-corrected chi connectivity index (χ0v) is 15.0. The summed E-state index contributed by atoms with van der Waals surface area (Å²) in [5.41, 5.74) is 0.708. The summed E-state index contributed by atoms with van der Waals surface area (Å²) in [4.78, 5) is 0.350. The first kappa shape index (κ1) is 18.5. The Labute approximate surface area is 143 Å². The van der Waals surface area contributed by atoms with Gasteiger partial charge in [0.05, 0.1) is 30.3 Å². The molecule has 0 aromatic heterocycles. The van der Waals surface area contributed by atoms with Crippen LogP contribution in [0.4, 0.5) is 0 Å². The maximum absolute atomic E-state index is 13.0. The monoisotopic (exact) mass is 362 g/mol. The summed E-state index contributed by atoms with van der Waals surface area (Å²) in [7, 11) is -3.52. The summed E-state index contributed by atoms with van der Waals surface area (Å²) in [6.45, 7) is 6.46. The van der Waals surface area contributed by atoms with Crippen molar-refractivity contribution >= 4 is 22.4 Å². The molecule has 2 aliphatic rings. The Kier molecular flexibility index (Phi) is 5.91. The van der Waals surface area contributed by atoms with Crippen molar-refractivity contribution in [2.24, 2.45) is 0 Å². The van der Waals surface area contributed by atoms with Crippen molar-refractivity contribution in [3.05, 3.63) is 23.8 Å². The molecule has 1 aromatic rings. The van der Waals surface area contributed by atoms with E-state index >= 15 is 0 Å². The predicted molar refractivity (Wildman–Crippen MR) is 89.9 cm³/mol. The van der Waals surface area contributed by atoms with Gasteiger partial charge in [-0.25, -0.2) is 8.42 Å². The Hall–Kier alpha value is -0.860. The van der Waals surface area contributed by atoms with Crippen LogP contribution < -0.4 is 10.1 Å². The highest BCUT2D eigenvalue weighted by atomic mass is 35.5. The number of nitrogens with zero attached hydrogens (tertiary/aromatic N) is 1. The normalized spacial score (nSPS) is 24.8. The van der Waals surface area contributed by atoms with E-state index in [0.29, 0.717) is 49.1 Å². The number of halogens is 1. The van der Waals surface area contributed by atoms with Crippen molar-refractivity contribution in [3.63, 3.8) is 0 Å². The highest BCUT2D eigenvalue weighted by Crippen LogP contribution is 2.29. The SMILES string of the molecule is CCOc1ccc(S(=O)(=O)N2CCO[C@H]3CNC[C@H]32)c(C)c1.Cl. The lowest BCUT2D eigenvalue weighted by atomic mass is 10.2. The molecule has 0 unspecified atom stereocenters. The molecule has 0 amide bonds. The molecule has 2 saturated heterocycles. The molecule has 1 N–H and O–H groups in total. The minimum Gasteiger partial charge on any atom is -0.494 e. The summed E-state index contributed by atoms with van der Waals surface area (Å²) >= 11 is 0. The minimum absolute atomic E-state index is 0. The number of morpholine rings is 1. The van der Waals surface area contributed by atoms with E-state index in [1.165, 1.54) is 0 Å². The second-order valence-corrected chi connectivity index (χ2v) is 7.47. The third-order valence-corrected chi connectivity index (χ3v) is 6.27. The molecule has 0 saturated carbocycles. The number of hydrogen-bond acceptors (Lipinski definition) is 5. The van der Waals surface area contributed by atoms with Gasteiger partial charge in [0.15, 0.2) is 0 Å². The molecule has 0 radical (unpaired) electrons. The van der Waals surface area contributed by atoms with Crippen LogP contribution in [0.1, 0.15) is 12.5 Å². The fourth-order valence-electron chi connectivity index (χ4n) is 3.15. The topological polar surface area (TPSA) is 67.9 Å². The third kappa shape index (κ3) is 3.49. The molecule has 2 atom stereocenters. The van der Waals surface area contributed by atoms with Crippen LogP contribution in [0.3, 0.4) is 0 Å². The second kappa shape index (κ2) is 7.36. The highest BCUT2D eigenvalue weighted by Gasteiger charge is 2.42. The zero-order valence-electron chi connectivity index (χ0n) is 13.3. The van der Waals surface area contributed by atoms with Gasteiger partial charge in [0.25, 0.3) is 0 Å². The maximum Gasteiger partial charge on any atom is 0.243 e. The van der Waals surface area contributed by atoms with Gasteiger partial charge in [-0.05, 0) is 37.6 Å². The second-order valence-electron chi connectivity index (χ2n) is 5.61. The predicted octanol–water partition coefficient (Wildman–Crippen LogP) is 1.18. The molecule has 1 aromatic carbocycles. The summed E-state index contributed by atoms with van der Waals surface area (Å²) in [6, 6.07) is 5.02. The van der Waals surface area contributed by atoms with Gasteiger partial charge in [-0.15, -0.1) is 12.4 Å². The molecule has 8 heteroatoms. The van der Waals surface area contributed by atoms with Gasteiger partial charge < -0.3 is 14.8 Å². The summed E-state index contributed by atoms with van der Waals surface area (Å²) < 4.78 is 38.7. The van der Waals surface area contributed by atoms with Crippen LogP contribution in [0.15, 0.2) is 23.1 Å². The first-order valence-corrected chi connectivity index (χ1v) is 9.05. The van der Waals surface area contributed by atoms with Gasteiger partial charge in [0.2, 0.25) is 10.0 Å². The first-order valence-electron chi connectivity index (χ1n) is 7.61. The molecule has 0 bridgehead atoms. The van der Waals surface area contributed by atoms with Crippen LogP contribution >= 0.6 is 12.4 Å². The Balaban J connectivity index is 0.00000192. The van der Waals surface area contributed by atoms with E-state index in [1.54, 1.807) is 29.4 Å². The molecule has 0 aliphatic carbocycles. The van der Waals surface area contributed by atoms with E-state index in [0.717, 1.165) is 0 Å². The molecular formula is C15H23ClN2O4S. The molecular weight excluding hydrogens is 340 g/mol. The lowest BCUT2D eigenvalue weighted by molar-refractivity contribution is -0.0149. The lowest BCUT2D eigenvalue weighted by Gasteiger charge is -2.36. The van der Waals surface area contributed by atoms with Crippen molar-refractivity contribution in [1.29, 1.82) is 0 Å². The molecule has 2 heterocycles. The lowest BCUT2D eigenvalue weighted by Crippen LogP contribution is -2.53. The average molecular weight is 363 g/mol. The van der Waals surface area contributed by atoms with Crippen molar-refractivity contribution < 1.29 is 17.9 Å². The summed E-state index contributed by atoms with van der Waals surface area (Å²) in [6.07, 6.45) is -0.0495. The highest BCUT2D eigenvalue weighted by molar-refractivity contribution is 7.89. The summed E-state index contributed by atoms with van der Waals surface area (Å²) in [5.74, 6) is 0.696. The van der Waals surface area contributed by atoms with Gasteiger partial charge in [0, 0.05) is 19.6 Å². The van der Waals surface area contributed by atoms with E-state index in [2.05, 4.69) is 5.32 Å². The Bertz CT molecular complexity index is 653. The standard InChI is InChI=1S/C15H22N2O4S.ClH/c1-3-20-12-4-5-15(11(2)8-12)22(18,19)17-6-7-21-14-10-16-9-13(14)17;/h4-5,8,13-14,16H,3,6-7,9-10H2,1-2H3;1H/t13-,14+;/m1./s1. The smallest absolute Gasteiger partial charge is 0.243 e. The van der Waals surface area contributed by atoms with Gasteiger partial charge in [0.1, 0.15) is 5.75 Å².